The second-order valence-corrected chi connectivity index (χ2v) is 10.2. The Balaban J connectivity index is 1.89. The van der Waals surface area contributed by atoms with Crippen LogP contribution in [0.2, 0.25) is 0 Å². The number of phenolic OH excluding ortho intramolecular Hbond substituents is 1. The Morgan fingerprint density at radius 1 is 0.825 bits per heavy atom. The number of amides is 1. The molecule has 0 unspecified atom stereocenters. The fourth-order valence-electron chi connectivity index (χ4n) is 4.05. The third-order valence-corrected chi connectivity index (χ3v) is 7.74. The zero-order valence-electron chi connectivity index (χ0n) is 20.9. The van der Waals surface area contributed by atoms with E-state index >= 15 is 0 Å². The van der Waals surface area contributed by atoms with Crippen LogP contribution in [-0.4, -0.2) is 50.5 Å². The molecule has 0 spiro atoms. The van der Waals surface area contributed by atoms with Gasteiger partial charge < -0.3 is 19.9 Å². The number of esters is 2. The van der Waals surface area contributed by atoms with Crippen molar-refractivity contribution in [2.45, 2.75) is 9.79 Å². The third-order valence-electron chi connectivity index (χ3n) is 5.90. The highest BCUT2D eigenvalue weighted by molar-refractivity contribution is 7.91. The number of nitrogens with one attached hydrogen (secondary N) is 1. The molecule has 40 heavy (non-hydrogen) atoms. The lowest BCUT2D eigenvalue weighted by Crippen LogP contribution is -2.16. The van der Waals surface area contributed by atoms with Crippen molar-refractivity contribution in [3.05, 3.63) is 99.6 Å². The second kappa shape index (κ2) is 10.8. The van der Waals surface area contributed by atoms with Crippen LogP contribution in [0.3, 0.4) is 0 Å². The Hall–Kier alpha value is -5.30. The molecule has 13 heteroatoms. The predicted octanol–water partition coefficient (Wildman–Crippen LogP) is 4.11. The number of phenols is 1. The van der Waals surface area contributed by atoms with Gasteiger partial charge in [0.05, 0.1) is 40.7 Å². The molecule has 0 saturated heterocycles. The van der Waals surface area contributed by atoms with Gasteiger partial charge in [0.15, 0.2) is 0 Å². The van der Waals surface area contributed by atoms with Crippen LogP contribution >= 0.6 is 0 Å². The van der Waals surface area contributed by atoms with Gasteiger partial charge in [-0.1, -0.05) is 36.4 Å². The first kappa shape index (κ1) is 27.7. The summed E-state index contributed by atoms with van der Waals surface area (Å²) in [6, 6.07) is 15.0. The summed E-state index contributed by atoms with van der Waals surface area (Å²) in [6.45, 7) is 0. The van der Waals surface area contributed by atoms with Gasteiger partial charge in [-0.3, -0.25) is 14.9 Å². The van der Waals surface area contributed by atoms with Crippen LogP contribution in [0, 0.1) is 10.1 Å². The van der Waals surface area contributed by atoms with Crippen molar-refractivity contribution in [2.24, 2.45) is 0 Å². The Morgan fingerprint density at radius 2 is 1.38 bits per heavy atom. The topological polar surface area (TPSA) is 179 Å². The summed E-state index contributed by atoms with van der Waals surface area (Å²) >= 11 is 0. The fraction of sp³-hybridized carbons (Fsp3) is 0.0741. The molecule has 0 aliphatic carbocycles. The Morgan fingerprint density at radius 3 is 1.95 bits per heavy atom. The average molecular weight is 565 g/mol. The van der Waals surface area contributed by atoms with Gasteiger partial charge in [0.1, 0.15) is 10.6 Å². The van der Waals surface area contributed by atoms with Crippen molar-refractivity contribution >= 4 is 49.8 Å². The summed E-state index contributed by atoms with van der Waals surface area (Å²) in [5, 5.41) is 25.0. The number of nitro groups is 1. The first-order valence-electron chi connectivity index (χ1n) is 11.4. The Labute approximate surface area is 226 Å². The lowest BCUT2D eigenvalue weighted by Gasteiger charge is -2.15. The molecule has 0 aliphatic rings. The molecule has 0 atom stereocenters. The van der Waals surface area contributed by atoms with Gasteiger partial charge in [-0.05, 0) is 30.3 Å². The number of rotatable bonds is 7. The summed E-state index contributed by atoms with van der Waals surface area (Å²) in [4.78, 5) is 47.2. The molecule has 0 aliphatic heterocycles. The zero-order valence-corrected chi connectivity index (χ0v) is 21.7. The summed E-state index contributed by atoms with van der Waals surface area (Å²) < 4.78 is 36.8. The molecule has 0 fully saturated rings. The minimum Gasteiger partial charge on any atom is -0.506 e. The number of benzene rings is 4. The summed E-state index contributed by atoms with van der Waals surface area (Å²) in [7, 11) is -2.34. The molecule has 1 amide bonds. The second-order valence-electron chi connectivity index (χ2n) is 8.28. The number of anilines is 1. The van der Waals surface area contributed by atoms with Crippen molar-refractivity contribution in [1.29, 1.82) is 0 Å². The van der Waals surface area contributed by atoms with E-state index in [1.807, 2.05) is 0 Å². The lowest BCUT2D eigenvalue weighted by atomic mass is 10.0. The van der Waals surface area contributed by atoms with E-state index in [9.17, 15) is 38.0 Å². The van der Waals surface area contributed by atoms with E-state index in [-0.39, 0.29) is 27.6 Å². The molecular formula is C27H20N2O10S. The number of hydrogen-bond donors (Lipinski definition) is 2. The van der Waals surface area contributed by atoms with Crippen LogP contribution in [-0.2, 0) is 19.3 Å². The van der Waals surface area contributed by atoms with Gasteiger partial charge in [-0.25, -0.2) is 18.0 Å². The highest BCUT2D eigenvalue weighted by Gasteiger charge is 2.31. The molecule has 204 valence electrons. The molecule has 0 saturated carbocycles. The van der Waals surface area contributed by atoms with E-state index in [0.29, 0.717) is 0 Å². The summed E-state index contributed by atoms with van der Waals surface area (Å²) in [5.41, 5.74) is -1.41. The highest BCUT2D eigenvalue weighted by atomic mass is 32.2. The van der Waals surface area contributed by atoms with Crippen molar-refractivity contribution in [2.75, 3.05) is 19.5 Å². The first-order valence-corrected chi connectivity index (χ1v) is 12.8. The van der Waals surface area contributed by atoms with Crippen LogP contribution in [0.15, 0.2) is 82.6 Å². The van der Waals surface area contributed by atoms with Crippen molar-refractivity contribution in [1.82, 2.24) is 0 Å². The maximum Gasteiger partial charge on any atom is 0.337 e. The number of aromatic hydroxyl groups is 1. The SMILES string of the molecule is COC(=O)c1cc(NC(=O)c2cc(S(=O)(=O)c3ccccc3[N+](=O)[O-])c3ccccc3c2O)cc(C(=O)OC)c1. The number of para-hydroxylation sites is 1. The number of carbonyl (C=O) groups excluding carboxylic acids is 3. The predicted molar refractivity (Wildman–Crippen MR) is 141 cm³/mol. The van der Waals surface area contributed by atoms with Gasteiger partial charge in [0, 0.05) is 22.5 Å². The maximum absolute atomic E-state index is 13.7. The van der Waals surface area contributed by atoms with E-state index in [1.165, 1.54) is 54.6 Å². The number of nitro benzene ring substituents is 1. The first-order chi connectivity index (χ1) is 19.0. The summed E-state index contributed by atoms with van der Waals surface area (Å²) in [6.07, 6.45) is 0. The smallest absolute Gasteiger partial charge is 0.337 e. The molecular weight excluding hydrogens is 544 g/mol. The Kier molecular flexibility index (Phi) is 7.50. The molecule has 4 aromatic carbocycles. The van der Waals surface area contributed by atoms with Crippen molar-refractivity contribution in [3.63, 3.8) is 0 Å². The number of fused-ring (bicyclic) bond motifs is 1. The molecule has 4 aromatic rings. The van der Waals surface area contributed by atoms with Gasteiger partial charge in [0.2, 0.25) is 9.84 Å². The number of nitrogens with zero attached hydrogens (tertiary/aromatic N) is 1. The van der Waals surface area contributed by atoms with Crippen LogP contribution in [0.4, 0.5) is 11.4 Å². The number of ether oxygens (including phenoxy) is 2. The van der Waals surface area contributed by atoms with E-state index < -0.39 is 59.4 Å². The van der Waals surface area contributed by atoms with E-state index in [0.717, 1.165) is 32.4 Å². The van der Waals surface area contributed by atoms with Gasteiger partial charge >= 0.3 is 11.9 Å². The van der Waals surface area contributed by atoms with E-state index in [2.05, 4.69) is 14.8 Å². The molecule has 0 radical (unpaired) electrons. The molecule has 0 aromatic heterocycles. The van der Waals surface area contributed by atoms with Crippen LogP contribution in [0.5, 0.6) is 5.75 Å². The number of methoxy groups -OCH3 is 2. The zero-order chi connectivity index (χ0) is 29.2. The molecule has 0 heterocycles. The monoisotopic (exact) mass is 564 g/mol. The molecule has 0 bridgehead atoms. The molecule has 4 rings (SSSR count). The van der Waals surface area contributed by atoms with E-state index in [4.69, 9.17) is 0 Å². The molecule has 2 N–H and O–H groups in total. The summed E-state index contributed by atoms with van der Waals surface area (Å²) in [5.74, 6) is -3.19. The van der Waals surface area contributed by atoms with Crippen LogP contribution in [0.1, 0.15) is 31.1 Å². The number of sulfone groups is 1. The third kappa shape index (κ3) is 5.05. The maximum atomic E-state index is 13.7. The quantitative estimate of drug-likeness (QED) is 0.188. The fourth-order valence-corrected chi connectivity index (χ4v) is 5.70. The number of carbonyl (C=O) groups is 3. The standard InChI is InChI=1S/C27H20N2O10S/c1-38-26(32)15-11-16(27(33)39-2)13-17(12-15)28-25(31)20-14-23(18-7-3-4-8-19(18)24(20)30)40(36,37)22-10-6-5-9-21(22)29(34)35/h3-14,30H,1-2H3,(H,28,31). The van der Waals surface area contributed by atoms with Gasteiger partial charge in [-0.2, -0.15) is 0 Å². The van der Waals surface area contributed by atoms with Crippen LogP contribution < -0.4 is 5.32 Å². The van der Waals surface area contributed by atoms with E-state index in [1.54, 1.807) is 0 Å². The molecule has 12 nitrogen and oxygen atoms in total. The minimum atomic E-state index is -4.58. The van der Waals surface area contributed by atoms with Crippen LogP contribution in [0.25, 0.3) is 10.8 Å². The van der Waals surface area contributed by atoms with Gasteiger partial charge in [0.25, 0.3) is 11.6 Å². The Bertz CT molecular complexity index is 1780. The largest absolute Gasteiger partial charge is 0.506 e. The van der Waals surface area contributed by atoms with Crippen molar-refractivity contribution < 1.29 is 42.3 Å². The highest BCUT2D eigenvalue weighted by Crippen LogP contribution is 2.38. The van der Waals surface area contributed by atoms with Gasteiger partial charge in [-0.15, -0.1) is 0 Å². The minimum absolute atomic E-state index is 0.00845. The average Bonchev–Trinajstić information content (AvgIpc) is 2.96. The normalized spacial score (nSPS) is 11.1. The van der Waals surface area contributed by atoms with Crippen molar-refractivity contribution in [3.8, 4) is 5.75 Å². The number of hydrogen-bond acceptors (Lipinski definition) is 10. The lowest BCUT2D eigenvalue weighted by molar-refractivity contribution is -0.387.